The van der Waals surface area contributed by atoms with E-state index in [4.69, 9.17) is 18.9 Å². The minimum Gasteiger partial charge on any atom is -0.493 e. The lowest BCUT2D eigenvalue weighted by molar-refractivity contribution is 0.0730. The highest BCUT2D eigenvalue weighted by atomic mass is 32.2. The second-order valence-corrected chi connectivity index (χ2v) is 9.32. The zero-order chi connectivity index (χ0) is 24.0. The predicted octanol–water partition coefficient (Wildman–Crippen LogP) is 2.23. The van der Waals surface area contributed by atoms with Gasteiger partial charge in [0.15, 0.2) is 11.5 Å². The van der Waals surface area contributed by atoms with Crippen LogP contribution in [0.3, 0.4) is 0 Å². The van der Waals surface area contributed by atoms with Crippen molar-refractivity contribution in [3.8, 4) is 17.2 Å². The monoisotopic (exact) mass is 478 g/mol. The molecule has 1 N–H and O–H groups in total. The van der Waals surface area contributed by atoms with Crippen LogP contribution in [-0.4, -0.2) is 66.3 Å². The third kappa shape index (κ3) is 5.40. The highest BCUT2D eigenvalue weighted by Crippen LogP contribution is 2.38. The molecule has 180 valence electrons. The van der Waals surface area contributed by atoms with E-state index in [-0.39, 0.29) is 22.9 Å². The molecule has 0 spiro atoms. The van der Waals surface area contributed by atoms with Crippen molar-refractivity contribution in [2.45, 2.75) is 24.8 Å². The van der Waals surface area contributed by atoms with E-state index in [2.05, 4.69) is 5.32 Å². The van der Waals surface area contributed by atoms with Gasteiger partial charge >= 0.3 is 0 Å². The molecular formula is C23H30N2O7S. The lowest BCUT2D eigenvalue weighted by Crippen LogP contribution is -2.41. The van der Waals surface area contributed by atoms with Crippen molar-refractivity contribution >= 4 is 15.9 Å². The van der Waals surface area contributed by atoms with Gasteiger partial charge in [0, 0.05) is 25.2 Å². The Labute approximate surface area is 194 Å². The van der Waals surface area contributed by atoms with Crippen molar-refractivity contribution in [1.82, 2.24) is 9.62 Å². The number of ether oxygens (including phenoxy) is 4. The van der Waals surface area contributed by atoms with Crippen molar-refractivity contribution in [2.75, 3.05) is 47.6 Å². The molecule has 0 unspecified atom stereocenters. The molecule has 1 heterocycles. The van der Waals surface area contributed by atoms with Gasteiger partial charge in [-0.3, -0.25) is 4.79 Å². The summed E-state index contributed by atoms with van der Waals surface area (Å²) in [6, 6.07) is 8.28. The van der Waals surface area contributed by atoms with E-state index in [1.807, 2.05) is 6.92 Å². The molecule has 1 aliphatic rings. The number of carbonyl (C=O) groups excluding carboxylic acids is 1. The summed E-state index contributed by atoms with van der Waals surface area (Å²) in [4.78, 5) is 13.0. The quantitative estimate of drug-likeness (QED) is 0.589. The van der Waals surface area contributed by atoms with Crippen LogP contribution in [0.5, 0.6) is 17.2 Å². The number of methoxy groups -OCH3 is 3. The summed E-state index contributed by atoms with van der Waals surface area (Å²) in [5.74, 6) is 1.03. The molecule has 2 aromatic carbocycles. The zero-order valence-electron chi connectivity index (χ0n) is 19.3. The van der Waals surface area contributed by atoms with Crippen LogP contribution < -0.4 is 19.5 Å². The Hall–Kier alpha value is -2.82. The number of nitrogens with one attached hydrogen (secondary N) is 1. The van der Waals surface area contributed by atoms with Crippen molar-refractivity contribution < 1.29 is 32.2 Å². The number of nitrogens with zero attached hydrogens (tertiary/aromatic N) is 1. The normalized spacial score (nSPS) is 14.5. The van der Waals surface area contributed by atoms with Crippen molar-refractivity contribution in [2.24, 2.45) is 0 Å². The van der Waals surface area contributed by atoms with Gasteiger partial charge in [0.2, 0.25) is 15.8 Å². The van der Waals surface area contributed by atoms with Crippen LogP contribution in [0.25, 0.3) is 0 Å². The molecule has 0 aliphatic carbocycles. The topological polar surface area (TPSA) is 103 Å². The molecule has 33 heavy (non-hydrogen) atoms. The van der Waals surface area contributed by atoms with Gasteiger partial charge in [0.25, 0.3) is 5.91 Å². The Morgan fingerprint density at radius 2 is 1.67 bits per heavy atom. The summed E-state index contributed by atoms with van der Waals surface area (Å²) in [6.45, 7) is 3.38. The SMILES string of the molecule is CCc1ccc(C(=O)NCc2cc(OC)c(OC)c(OC)c2)cc1S(=O)(=O)N1CCOCC1. The first kappa shape index (κ1) is 24.8. The first-order chi connectivity index (χ1) is 15.8. The van der Waals surface area contributed by atoms with Gasteiger partial charge in [0.1, 0.15) is 0 Å². The van der Waals surface area contributed by atoms with Gasteiger partial charge in [-0.1, -0.05) is 13.0 Å². The number of hydrogen-bond donors (Lipinski definition) is 1. The molecule has 10 heteroatoms. The van der Waals surface area contributed by atoms with Crippen molar-refractivity contribution in [1.29, 1.82) is 0 Å². The number of aryl methyl sites for hydroxylation is 1. The standard InChI is InChI=1S/C23H30N2O7S/c1-5-17-6-7-18(14-21(17)33(27,28)25-8-10-32-11-9-25)23(26)24-15-16-12-19(29-2)22(31-4)20(13-16)30-3/h6-7,12-14H,5,8-11,15H2,1-4H3,(H,24,26). The maximum Gasteiger partial charge on any atom is 0.251 e. The van der Waals surface area contributed by atoms with E-state index in [1.165, 1.54) is 31.7 Å². The fraction of sp³-hybridized carbons (Fsp3) is 0.435. The minimum atomic E-state index is -3.73. The van der Waals surface area contributed by atoms with Gasteiger partial charge < -0.3 is 24.3 Å². The van der Waals surface area contributed by atoms with Crippen LogP contribution in [0.1, 0.15) is 28.4 Å². The number of morpholine rings is 1. The molecule has 9 nitrogen and oxygen atoms in total. The highest BCUT2D eigenvalue weighted by Gasteiger charge is 2.29. The summed E-state index contributed by atoms with van der Waals surface area (Å²) in [5, 5.41) is 2.83. The lowest BCUT2D eigenvalue weighted by Gasteiger charge is -2.27. The van der Waals surface area contributed by atoms with E-state index in [1.54, 1.807) is 24.3 Å². The summed E-state index contributed by atoms with van der Waals surface area (Å²) < 4.78 is 49.1. The highest BCUT2D eigenvalue weighted by molar-refractivity contribution is 7.89. The second-order valence-electron chi connectivity index (χ2n) is 7.41. The first-order valence-corrected chi connectivity index (χ1v) is 12.1. The lowest BCUT2D eigenvalue weighted by atomic mass is 10.1. The number of sulfonamides is 1. The average molecular weight is 479 g/mol. The van der Waals surface area contributed by atoms with Gasteiger partial charge in [-0.25, -0.2) is 8.42 Å². The summed E-state index contributed by atoms with van der Waals surface area (Å²) in [6.07, 6.45) is 0.534. The molecule has 3 rings (SSSR count). The van der Waals surface area contributed by atoms with E-state index < -0.39 is 10.0 Å². The van der Waals surface area contributed by atoms with Crippen LogP contribution in [-0.2, 0) is 27.7 Å². The Morgan fingerprint density at radius 1 is 1.03 bits per heavy atom. The molecule has 1 aliphatic heterocycles. The molecule has 0 aromatic heterocycles. The maximum absolute atomic E-state index is 13.2. The molecule has 0 radical (unpaired) electrons. The average Bonchev–Trinajstić information content (AvgIpc) is 2.86. The van der Waals surface area contributed by atoms with E-state index in [9.17, 15) is 13.2 Å². The maximum atomic E-state index is 13.2. The molecule has 1 fully saturated rings. The van der Waals surface area contributed by atoms with Gasteiger partial charge in [-0.05, 0) is 41.8 Å². The minimum absolute atomic E-state index is 0.160. The molecule has 0 bridgehead atoms. The summed E-state index contributed by atoms with van der Waals surface area (Å²) in [5.41, 5.74) is 1.68. The number of hydrogen-bond acceptors (Lipinski definition) is 7. The Kier molecular flexibility index (Phi) is 8.17. The second kappa shape index (κ2) is 10.9. The van der Waals surface area contributed by atoms with Gasteiger partial charge in [-0.15, -0.1) is 0 Å². The Bertz CT molecular complexity index is 1070. The Balaban J connectivity index is 1.83. The smallest absolute Gasteiger partial charge is 0.251 e. The fourth-order valence-corrected chi connectivity index (χ4v) is 5.40. The molecule has 2 aromatic rings. The predicted molar refractivity (Wildman–Crippen MR) is 123 cm³/mol. The first-order valence-electron chi connectivity index (χ1n) is 10.6. The van der Waals surface area contributed by atoms with Crippen LogP contribution in [0.2, 0.25) is 0 Å². The van der Waals surface area contributed by atoms with Crippen LogP contribution in [0.15, 0.2) is 35.2 Å². The van der Waals surface area contributed by atoms with Crippen LogP contribution in [0, 0.1) is 0 Å². The van der Waals surface area contributed by atoms with Crippen LogP contribution >= 0.6 is 0 Å². The zero-order valence-corrected chi connectivity index (χ0v) is 20.2. The van der Waals surface area contributed by atoms with E-state index in [0.29, 0.717) is 55.5 Å². The molecule has 0 saturated carbocycles. The van der Waals surface area contributed by atoms with Crippen molar-refractivity contribution in [3.63, 3.8) is 0 Å². The number of rotatable bonds is 9. The molecule has 0 atom stereocenters. The summed E-state index contributed by atoms with van der Waals surface area (Å²) in [7, 11) is 0.829. The van der Waals surface area contributed by atoms with Gasteiger partial charge in [-0.2, -0.15) is 4.31 Å². The number of benzene rings is 2. The number of carbonyl (C=O) groups is 1. The fourth-order valence-electron chi connectivity index (χ4n) is 3.68. The number of amides is 1. The van der Waals surface area contributed by atoms with E-state index >= 15 is 0 Å². The Morgan fingerprint density at radius 3 is 2.21 bits per heavy atom. The van der Waals surface area contributed by atoms with E-state index in [0.717, 1.165) is 5.56 Å². The third-order valence-electron chi connectivity index (χ3n) is 5.48. The third-order valence-corrected chi connectivity index (χ3v) is 7.46. The summed E-state index contributed by atoms with van der Waals surface area (Å²) >= 11 is 0. The van der Waals surface area contributed by atoms with Gasteiger partial charge in [0.05, 0.1) is 39.4 Å². The molecule has 1 saturated heterocycles. The largest absolute Gasteiger partial charge is 0.493 e. The molecular weight excluding hydrogens is 448 g/mol. The van der Waals surface area contributed by atoms with Crippen molar-refractivity contribution in [3.05, 3.63) is 47.0 Å². The van der Waals surface area contributed by atoms with Crippen LogP contribution in [0.4, 0.5) is 0 Å². The molecule has 1 amide bonds.